The maximum absolute atomic E-state index is 12.6. The fourth-order valence-corrected chi connectivity index (χ4v) is 3.84. The van der Waals surface area contributed by atoms with E-state index in [4.69, 9.17) is 0 Å². The predicted octanol–water partition coefficient (Wildman–Crippen LogP) is 2.03. The molecule has 0 saturated carbocycles. The Morgan fingerprint density at radius 1 is 1.18 bits per heavy atom. The van der Waals surface area contributed by atoms with Gasteiger partial charge in [0.25, 0.3) is 0 Å². The van der Waals surface area contributed by atoms with Crippen LogP contribution in [0.2, 0.25) is 0 Å². The van der Waals surface area contributed by atoms with Crippen molar-refractivity contribution < 1.29 is 19.5 Å². The molecule has 8 heteroatoms. The summed E-state index contributed by atoms with van der Waals surface area (Å²) in [6.45, 7) is 2.33. The lowest BCUT2D eigenvalue weighted by Crippen LogP contribution is -2.45. The topological polar surface area (TPSA) is 102 Å². The van der Waals surface area contributed by atoms with Crippen molar-refractivity contribution in [3.63, 3.8) is 0 Å². The fraction of sp³-hybridized carbons (Fsp3) is 0.200. The monoisotopic (exact) mass is 396 g/mol. The van der Waals surface area contributed by atoms with Gasteiger partial charge in [0.2, 0.25) is 11.8 Å². The summed E-state index contributed by atoms with van der Waals surface area (Å²) in [5.41, 5.74) is 1.17. The van der Waals surface area contributed by atoms with E-state index in [-0.39, 0.29) is 23.8 Å². The molecule has 2 aromatic carbocycles. The summed E-state index contributed by atoms with van der Waals surface area (Å²) < 4.78 is 0. The number of nitrogens with zero attached hydrogens (tertiary/aromatic N) is 2. The molecule has 1 aliphatic rings. The molecule has 2 aromatic rings. The molecule has 144 valence electrons. The Kier molecular flexibility index (Phi) is 6.10. The minimum absolute atomic E-state index is 0.0242. The SMILES string of the molecule is CCN1C(=O)C[C@H](C(=O)Nc2ccc(C(=O)[O-])cc2)SC1=Nc1ccccc1. The highest BCUT2D eigenvalue weighted by atomic mass is 32.2. The molecule has 0 unspecified atom stereocenters. The number of anilines is 1. The van der Waals surface area contributed by atoms with Gasteiger partial charge in [-0.15, -0.1) is 0 Å². The van der Waals surface area contributed by atoms with Gasteiger partial charge in [0.1, 0.15) is 5.25 Å². The summed E-state index contributed by atoms with van der Waals surface area (Å²) in [6.07, 6.45) is 0.0648. The van der Waals surface area contributed by atoms with Crippen LogP contribution >= 0.6 is 11.8 Å². The molecular weight excluding hydrogens is 378 g/mol. The zero-order valence-corrected chi connectivity index (χ0v) is 15.9. The van der Waals surface area contributed by atoms with Crippen LogP contribution in [-0.4, -0.2) is 39.6 Å². The van der Waals surface area contributed by atoms with Crippen LogP contribution in [0, 0.1) is 0 Å². The average Bonchev–Trinajstić information content (AvgIpc) is 2.69. The number of carboxylic acid groups (broad SMARTS) is 1. The van der Waals surface area contributed by atoms with Crippen molar-refractivity contribution in [3.05, 3.63) is 60.2 Å². The average molecular weight is 396 g/mol. The molecule has 1 N–H and O–H groups in total. The second-order valence-corrected chi connectivity index (χ2v) is 7.20. The third-order valence-corrected chi connectivity index (χ3v) is 5.31. The molecule has 28 heavy (non-hydrogen) atoms. The van der Waals surface area contributed by atoms with Crippen molar-refractivity contribution in [3.8, 4) is 0 Å². The lowest BCUT2D eigenvalue weighted by molar-refractivity contribution is -0.255. The number of aliphatic imine (C=N–C) groups is 1. The van der Waals surface area contributed by atoms with E-state index in [2.05, 4.69) is 10.3 Å². The van der Waals surface area contributed by atoms with Crippen molar-refractivity contribution >= 4 is 46.1 Å². The Labute approximate surface area is 166 Å². The maximum Gasteiger partial charge on any atom is 0.238 e. The highest BCUT2D eigenvalue weighted by Crippen LogP contribution is 2.29. The van der Waals surface area contributed by atoms with Crippen LogP contribution in [0.1, 0.15) is 23.7 Å². The second-order valence-electron chi connectivity index (χ2n) is 6.03. The summed E-state index contributed by atoms with van der Waals surface area (Å²) in [5, 5.41) is 13.4. The van der Waals surface area contributed by atoms with E-state index in [0.29, 0.717) is 23.1 Å². The van der Waals surface area contributed by atoms with Crippen LogP contribution in [0.3, 0.4) is 0 Å². The first kappa shape index (κ1) is 19.6. The van der Waals surface area contributed by atoms with Crippen LogP contribution < -0.4 is 10.4 Å². The number of nitrogens with one attached hydrogen (secondary N) is 1. The number of carbonyl (C=O) groups is 3. The van der Waals surface area contributed by atoms with E-state index in [9.17, 15) is 19.5 Å². The first-order chi connectivity index (χ1) is 13.5. The second kappa shape index (κ2) is 8.71. The molecule has 0 radical (unpaired) electrons. The molecule has 0 aliphatic carbocycles. The Hall–Kier alpha value is -3.13. The molecule has 1 fully saturated rings. The molecule has 1 aliphatic heterocycles. The first-order valence-electron chi connectivity index (χ1n) is 8.71. The van der Waals surface area contributed by atoms with E-state index in [1.807, 2.05) is 37.3 Å². The standard InChI is InChI=1S/C20H19N3O4S/c1-2-23-17(24)12-16(28-20(23)22-14-6-4-3-5-7-14)18(25)21-15-10-8-13(9-11-15)19(26)27/h3-11,16H,2,12H2,1H3,(H,21,25)(H,26,27)/p-1/t16-/m1/s1. The van der Waals surface area contributed by atoms with E-state index >= 15 is 0 Å². The molecule has 1 heterocycles. The Morgan fingerprint density at radius 2 is 1.86 bits per heavy atom. The highest BCUT2D eigenvalue weighted by Gasteiger charge is 2.35. The van der Waals surface area contributed by atoms with Gasteiger partial charge in [-0.25, -0.2) is 4.99 Å². The summed E-state index contributed by atoms with van der Waals surface area (Å²) >= 11 is 1.24. The van der Waals surface area contributed by atoms with Gasteiger partial charge in [0.05, 0.1) is 11.7 Å². The van der Waals surface area contributed by atoms with Gasteiger partial charge in [0, 0.05) is 18.7 Å². The number of carboxylic acids is 1. The van der Waals surface area contributed by atoms with Gasteiger partial charge >= 0.3 is 0 Å². The third kappa shape index (κ3) is 4.58. The minimum Gasteiger partial charge on any atom is -0.545 e. The van der Waals surface area contributed by atoms with Crippen LogP contribution in [0.4, 0.5) is 11.4 Å². The first-order valence-corrected chi connectivity index (χ1v) is 9.59. The van der Waals surface area contributed by atoms with Gasteiger partial charge in [0.15, 0.2) is 5.17 Å². The maximum atomic E-state index is 12.6. The minimum atomic E-state index is -1.28. The van der Waals surface area contributed by atoms with E-state index in [0.717, 1.165) is 0 Å². The quantitative estimate of drug-likeness (QED) is 0.833. The summed E-state index contributed by atoms with van der Waals surface area (Å²) in [5.74, 6) is -1.79. The fourth-order valence-electron chi connectivity index (χ4n) is 2.68. The Morgan fingerprint density at radius 3 is 2.46 bits per heavy atom. The Balaban J connectivity index is 1.76. The van der Waals surface area contributed by atoms with Gasteiger partial charge in [-0.05, 0) is 36.8 Å². The Bertz CT molecular complexity index is 913. The number of hydrogen-bond acceptors (Lipinski definition) is 6. The largest absolute Gasteiger partial charge is 0.545 e. The number of amidine groups is 1. The van der Waals surface area contributed by atoms with Crippen LogP contribution in [0.15, 0.2) is 59.6 Å². The number of amides is 2. The highest BCUT2D eigenvalue weighted by molar-refractivity contribution is 8.15. The number of benzene rings is 2. The van der Waals surface area contributed by atoms with Crippen molar-refractivity contribution in [1.29, 1.82) is 0 Å². The van der Waals surface area contributed by atoms with Crippen molar-refractivity contribution in [1.82, 2.24) is 4.90 Å². The lowest BCUT2D eigenvalue weighted by atomic mass is 10.2. The molecule has 3 rings (SSSR count). The molecular formula is C20H18N3O4S-. The molecule has 0 bridgehead atoms. The molecule has 1 atom stereocenters. The molecule has 0 spiro atoms. The van der Waals surface area contributed by atoms with Gasteiger partial charge in [-0.1, -0.05) is 42.1 Å². The van der Waals surface area contributed by atoms with Crippen molar-refractivity contribution in [2.24, 2.45) is 4.99 Å². The summed E-state index contributed by atoms with van der Waals surface area (Å²) in [4.78, 5) is 42.0. The van der Waals surface area contributed by atoms with Crippen molar-refractivity contribution in [2.75, 3.05) is 11.9 Å². The summed E-state index contributed by atoms with van der Waals surface area (Å²) in [6, 6.07) is 14.9. The number of aromatic carboxylic acids is 1. The summed E-state index contributed by atoms with van der Waals surface area (Å²) in [7, 11) is 0. The molecule has 2 amide bonds. The van der Waals surface area contributed by atoms with E-state index in [1.165, 1.54) is 36.0 Å². The number of para-hydroxylation sites is 1. The molecule has 0 aromatic heterocycles. The number of carbonyl (C=O) groups excluding carboxylic acids is 3. The number of thioether (sulfide) groups is 1. The normalized spacial score (nSPS) is 18.2. The lowest BCUT2D eigenvalue weighted by Gasteiger charge is -2.30. The van der Waals surface area contributed by atoms with Gasteiger partial charge in [-0.2, -0.15) is 0 Å². The van der Waals surface area contributed by atoms with E-state index in [1.54, 1.807) is 4.90 Å². The van der Waals surface area contributed by atoms with Crippen LogP contribution in [-0.2, 0) is 9.59 Å². The zero-order chi connectivity index (χ0) is 20.1. The van der Waals surface area contributed by atoms with Gasteiger partial charge in [-0.3, -0.25) is 14.5 Å². The number of rotatable bonds is 5. The number of hydrogen-bond donors (Lipinski definition) is 1. The smallest absolute Gasteiger partial charge is 0.238 e. The van der Waals surface area contributed by atoms with E-state index < -0.39 is 11.2 Å². The molecule has 1 saturated heterocycles. The van der Waals surface area contributed by atoms with Crippen molar-refractivity contribution in [2.45, 2.75) is 18.6 Å². The van der Waals surface area contributed by atoms with Crippen LogP contribution in [0.25, 0.3) is 0 Å². The predicted molar refractivity (Wildman–Crippen MR) is 106 cm³/mol. The zero-order valence-electron chi connectivity index (χ0n) is 15.1. The third-order valence-electron chi connectivity index (χ3n) is 4.12. The van der Waals surface area contributed by atoms with Gasteiger partial charge < -0.3 is 15.2 Å². The van der Waals surface area contributed by atoms with Crippen LogP contribution in [0.5, 0.6) is 0 Å². The molecule has 7 nitrogen and oxygen atoms in total.